The van der Waals surface area contributed by atoms with Crippen molar-refractivity contribution in [1.29, 1.82) is 0 Å². The molecule has 1 aromatic heterocycles. The molecular weight excluding hydrogens is 377 g/mol. The molecule has 1 saturated carbocycles. The van der Waals surface area contributed by atoms with Crippen molar-refractivity contribution >= 4 is 39.8 Å². The Hall–Kier alpha value is -1.81. The number of pyridine rings is 1. The second kappa shape index (κ2) is 8.47. The maximum absolute atomic E-state index is 6.09. The van der Waals surface area contributed by atoms with Gasteiger partial charge in [0.05, 0.1) is 5.52 Å². The molecule has 1 fully saturated rings. The Bertz CT molecular complexity index is 903. The van der Waals surface area contributed by atoms with Crippen molar-refractivity contribution in [2.45, 2.75) is 44.3 Å². The van der Waals surface area contributed by atoms with Crippen LogP contribution in [0.25, 0.3) is 10.9 Å². The highest BCUT2D eigenvalue weighted by Gasteiger charge is 2.21. The van der Waals surface area contributed by atoms with Crippen LogP contribution in [0.1, 0.15) is 31.2 Å². The highest BCUT2D eigenvalue weighted by atomic mass is 35.5. The van der Waals surface area contributed by atoms with Crippen molar-refractivity contribution in [1.82, 2.24) is 10.3 Å². The second-order valence-electron chi connectivity index (χ2n) is 7.22. The molecule has 1 aliphatic carbocycles. The van der Waals surface area contributed by atoms with Gasteiger partial charge in [-0.3, -0.25) is 4.98 Å². The van der Waals surface area contributed by atoms with Gasteiger partial charge in [0.15, 0.2) is 0 Å². The molecule has 0 amide bonds. The zero-order valence-corrected chi connectivity index (χ0v) is 16.6. The van der Waals surface area contributed by atoms with E-state index in [9.17, 15) is 0 Å². The third-order valence-corrected chi connectivity index (χ3v) is 5.79. The summed E-state index contributed by atoms with van der Waals surface area (Å²) in [5, 5.41) is 10.0. The van der Waals surface area contributed by atoms with Gasteiger partial charge >= 0.3 is 0 Å². The van der Waals surface area contributed by atoms with Gasteiger partial charge in [0.1, 0.15) is 0 Å². The summed E-state index contributed by atoms with van der Waals surface area (Å²) in [6.07, 6.45) is 6.53. The largest absolute Gasteiger partial charge is 0.382 e. The molecule has 0 unspecified atom stereocenters. The van der Waals surface area contributed by atoms with Crippen LogP contribution in [0.5, 0.6) is 0 Å². The lowest BCUT2D eigenvalue weighted by atomic mass is 9.90. The first-order chi connectivity index (χ1) is 13.2. The molecule has 5 heteroatoms. The molecule has 3 aromatic rings. The van der Waals surface area contributed by atoms with E-state index in [-0.39, 0.29) is 0 Å². The highest BCUT2D eigenvalue weighted by molar-refractivity contribution is 6.31. The summed E-state index contributed by atoms with van der Waals surface area (Å²) in [7, 11) is 0. The summed E-state index contributed by atoms with van der Waals surface area (Å²) < 4.78 is 0. The summed E-state index contributed by atoms with van der Waals surface area (Å²) in [6.45, 7) is 0.898. The van der Waals surface area contributed by atoms with Crippen LogP contribution in [-0.2, 0) is 6.54 Å². The molecule has 27 heavy (non-hydrogen) atoms. The van der Waals surface area contributed by atoms with E-state index in [1.54, 1.807) is 0 Å². The van der Waals surface area contributed by atoms with Gasteiger partial charge in [-0.05, 0) is 67.6 Å². The minimum Gasteiger partial charge on any atom is -0.382 e. The van der Waals surface area contributed by atoms with Gasteiger partial charge in [-0.2, -0.15) is 0 Å². The normalized spacial score (nSPS) is 19.9. The molecule has 1 heterocycles. The monoisotopic (exact) mass is 399 g/mol. The van der Waals surface area contributed by atoms with E-state index in [2.05, 4.69) is 33.8 Å². The average molecular weight is 400 g/mol. The Labute approximate surface area is 170 Å². The summed E-state index contributed by atoms with van der Waals surface area (Å²) in [5.74, 6) is 0. The average Bonchev–Trinajstić information content (AvgIpc) is 2.68. The number of halogens is 2. The van der Waals surface area contributed by atoms with E-state index in [4.69, 9.17) is 23.2 Å². The predicted octanol–water partition coefficient (Wildman–Crippen LogP) is 6.05. The van der Waals surface area contributed by atoms with Gasteiger partial charge in [-0.25, -0.2) is 0 Å². The summed E-state index contributed by atoms with van der Waals surface area (Å²) in [6, 6.07) is 17.1. The van der Waals surface area contributed by atoms with E-state index in [0.29, 0.717) is 12.1 Å². The van der Waals surface area contributed by atoms with Crippen molar-refractivity contribution < 1.29 is 0 Å². The van der Waals surface area contributed by atoms with Crippen LogP contribution in [0, 0.1) is 0 Å². The fourth-order valence-electron chi connectivity index (χ4n) is 3.77. The van der Waals surface area contributed by atoms with Crippen LogP contribution >= 0.6 is 23.2 Å². The van der Waals surface area contributed by atoms with Gasteiger partial charge in [-0.15, -0.1) is 0 Å². The molecule has 0 aliphatic heterocycles. The molecule has 0 radical (unpaired) electrons. The topological polar surface area (TPSA) is 37.0 Å². The Balaban J connectivity index is 1.31. The minimum absolute atomic E-state index is 0.500. The number of rotatable bonds is 5. The number of benzene rings is 2. The Morgan fingerprint density at radius 2 is 1.56 bits per heavy atom. The third-order valence-electron chi connectivity index (χ3n) is 5.30. The summed E-state index contributed by atoms with van der Waals surface area (Å²) in [5.41, 5.74) is 3.36. The van der Waals surface area contributed by atoms with Gasteiger partial charge < -0.3 is 10.6 Å². The second-order valence-corrected chi connectivity index (χ2v) is 8.09. The number of aromatic nitrogens is 1. The molecule has 140 valence electrons. The number of hydrogen-bond acceptors (Lipinski definition) is 3. The van der Waals surface area contributed by atoms with Crippen LogP contribution in [0.3, 0.4) is 0 Å². The predicted molar refractivity (Wildman–Crippen MR) is 115 cm³/mol. The lowest BCUT2D eigenvalue weighted by Crippen LogP contribution is -2.36. The fourth-order valence-corrected chi connectivity index (χ4v) is 4.07. The molecule has 3 nitrogen and oxygen atoms in total. The maximum atomic E-state index is 6.09. The van der Waals surface area contributed by atoms with Crippen LogP contribution in [0.4, 0.5) is 5.69 Å². The molecule has 2 N–H and O–H groups in total. The first-order valence-electron chi connectivity index (χ1n) is 9.46. The molecule has 0 atom stereocenters. The molecule has 0 saturated heterocycles. The van der Waals surface area contributed by atoms with Crippen molar-refractivity contribution in [2.75, 3.05) is 5.32 Å². The Morgan fingerprint density at radius 3 is 2.33 bits per heavy atom. The zero-order valence-electron chi connectivity index (χ0n) is 15.1. The van der Waals surface area contributed by atoms with Crippen molar-refractivity contribution in [3.05, 3.63) is 70.3 Å². The van der Waals surface area contributed by atoms with E-state index >= 15 is 0 Å². The standard InChI is InChI=1S/C22H23Cl2N3/c23-16-3-1-15(2-4-16)14-26-18-6-8-19(9-7-18)27-21-11-12-25-22-13-17(24)5-10-20(21)22/h1-5,10-13,18-19,26H,6-9,14H2,(H,25,27)/t18-,19+. The third kappa shape index (κ3) is 4.73. The quantitative estimate of drug-likeness (QED) is 0.547. The molecular formula is C22H23Cl2N3. The van der Waals surface area contributed by atoms with E-state index in [1.165, 1.54) is 18.4 Å². The Kier molecular flexibility index (Phi) is 5.82. The lowest BCUT2D eigenvalue weighted by Gasteiger charge is -2.30. The lowest BCUT2D eigenvalue weighted by molar-refractivity contribution is 0.353. The van der Waals surface area contributed by atoms with Crippen molar-refractivity contribution in [3.63, 3.8) is 0 Å². The molecule has 4 rings (SSSR count). The zero-order chi connectivity index (χ0) is 18.6. The van der Waals surface area contributed by atoms with E-state index in [0.717, 1.165) is 46.0 Å². The number of nitrogens with zero attached hydrogens (tertiary/aromatic N) is 1. The van der Waals surface area contributed by atoms with Gasteiger partial charge in [-0.1, -0.05) is 35.3 Å². The van der Waals surface area contributed by atoms with E-state index < -0.39 is 0 Å². The Morgan fingerprint density at radius 1 is 0.852 bits per heavy atom. The van der Waals surface area contributed by atoms with Crippen LogP contribution in [0.2, 0.25) is 10.0 Å². The smallest absolute Gasteiger partial charge is 0.0737 e. The maximum Gasteiger partial charge on any atom is 0.0737 e. The number of nitrogens with one attached hydrogen (secondary N) is 2. The van der Waals surface area contributed by atoms with Crippen molar-refractivity contribution in [3.8, 4) is 0 Å². The minimum atomic E-state index is 0.500. The first kappa shape index (κ1) is 18.5. The van der Waals surface area contributed by atoms with Crippen LogP contribution in [0.15, 0.2) is 54.7 Å². The summed E-state index contributed by atoms with van der Waals surface area (Å²) >= 11 is 12.0. The first-order valence-corrected chi connectivity index (χ1v) is 10.2. The molecule has 1 aliphatic rings. The number of anilines is 1. The van der Waals surface area contributed by atoms with Gasteiger partial charge in [0.25, 0.3) is 0 Å². The van der Waals surface area contributed by atoms with Crippen molar-refractivity contribution in [2.24, 2.45) is 0 Å². The van der Waals surface area contributed by atoms with Gasteiger partial charge in [0, 0.05) is 45.9 Å². The molecule has 0 bridgehead atoms. The number of hydrogen-bond donors (Lipinski definition) is 2. The van der Waals surface area contributed by atoms with Crippen LogP contribution < -0.4 is 10.6 Å². The summed E-state index contributed by atoms with van der Waals surface area (Å²) in [4.78, 5) is 4.42. The SMILES string of the molecule is Clc1ccc(CN[C@H]2CC[C@@H](Nc3ccnc4cc(Cl)ccc34)CC2)cc1. The number of fused-ring (bicyclic) bond motifs is 1. The highest BCUT2D eigenvalue weighted by Crippen LogP contribution is 2.28. The van der Waals surface area contributed by atoms with Gasteiger partial charge in [0.2, 0.25) is 0 Å². The molecule has 2 aromatic carbocycles. The molecule has 0 spiro atoms. The fraction of sp³-hybridized carbons (Fsp3) is 0.318. The van der Waals surface area contributed by atoms with Crippen LogP contribution in [-0.4, -0.2) is 17.1 Å². The van der Waals surface area contributed by atoms with E-state index in [1.807, 2.05) is 36.5 Å².